The lowest BCUT2D eigenvalue weighted by Gasteiger charge is -2.17. The average molecular weight is 280 g/mol. The summed E-state index contributed by atoms with van der Waals surface area (Å²) in [6.45, 7) is 4.13. The Labute approximate surface area is 118 Å². The van der Waals surface area contributed by atoms with Crippen LogP contribution in [0.4, 0.5) is 0 Å². The van der Waals surface area contributed by atoms with E-state index in [0.29, 0.717) is 5.92 Å². The predicted octanol–water partition coefficient (Wildman–Crippen LogP) is 4.34. The van der Waals surface area contributed by atoms with Gasteiger partial charge >= 0.3 is 0 Å². The number of hydrogen-bond acceptors (Lipinski definition) is 2. The van der Waals surface area contributed by atoms with Gasteiger partial charge in [-0.25, -0.2) is 0 Å². The standard InChI is InChI=1S/C15H18ClNS/c1-2-17-10-14(8-12-6-7-18-11-12)13-4-3-5-15(16)9-13/h3-7,9,11,14,17H,2,8,10H2,1H3. The van der Waals surface area contributed by atoms with Gasteiger partial charge in [0, 0.05) is 17.5 Å². The molecule has 0 saturated heterocycles. The second-order valence-corrected chi connectivity index (χ2v) is 5.61. The zero-order valence-corrected chi connectivity index (χ0v) is 12.1. The Balaban J connectivity index is 2.13. The molecule has 18 heavy (non-hydrogen) atoms. The summed E-state index contributed by atoms with van der Waals surface area (Å²) in [7, 11) is 0. The highest BCUT2D eigenvalue weighted by Gasteiger charge is 2.12. The SMILES string of the molecule is CCNCC(Cc1ccsc1)c1cccc(Cl)c1. The molecule has 0 saturated carbocycles. The molecule has 2 aromatic rings. The zero-order chi connectivity index (χ0) is 12.8. The molecule has 2 rings (SSSR count). The van der Waals surface area contributed by atoms with E-state index in [0.717, 1.165) is 24.5 Å². The molecule has 1 atom stereocenters. The van der Waals surface area contributed by atoms with Crippen LogP contribution in [0.3, 0.4) is 0 Å². The fourth-order valence-corrected chi connectivity index (χ4v) is 2.96. The van der Waals surface area contributed by atoms with Gasteiger partial charge in [-0.3, -0.25) is 0 Å². The fourth-order valence-electron chi connectivity index (χ4n) is 2.08. The summed E-state index contributed by atoms with van der Waals surface area (Å²) in [5, 5.41) is 8.62. The minimum absolute atomic E-state index is 0.484. The minimum atomic E-state index is 0.484. The van der Waals surface area contributed by atoms with Crippen molar-refractivity contribution in [1.29, 1.82) is 0 Å². The molecule has 1 heterocycles. The first-order valence-electron chi connectivity index (χ1n) is 6.27. The van der Waals surface area contributed by atoms with E-state index in [1.54, 1.807) is 11.3 Å². The molecule has 0 bridgehead atoms. The van der Waals surface area contributed by atoms with E-state index >= 15 is 0 Å². The lowest BCUT2D eigenvalue weighted by Crippen LogP contribution is -2.22. The van der Waals surface area contributed by atoms with Crippen LogP contribution in [0.1, 0.15) is 24.0 Å². The second kappa shape index (κ2) is 6.93. The predicted molar refractivity (Wildman–Crippen MR) is 80.8 cm³/mol. The Morgan fingerprint density at radius 2 is 2.22 bits per heavy atom. The Morgan fingerprint density at radius 3 is 2.89 bits per heavy atom. The van der Waals surface area contributed by atoms with Crippen LogP contribution in [-0.4, -0.2) is 13.1 Å². The second-order valence-electron chi connectivity index (χ2n) is 4.40. The third-order valence-corrected chi connectivity index (χ3v) is 3.99. The zero-order valence-electron chi connectivity index (χ0n) is 10.5. The Bertz CT molecular complexity index is 467. The van der Waals surface area contributed by atoms with Crippen molar-refractivity contribution in [3.05, 3.63) is 57.2 Å². The number of rotatable bonds is 6. The van der Waals surface area contributed by atoms with Gasteiger partial charge in [-0.1, -0.05) is 30.7 Å². The van der Waals surface area contributed by atoms with Crippen LogP contribution in [0.2, 0.25) is 5.02 Å². The van der Waals surface area contributed by atoms with Crippen LogP contribution in [0.25, 0.3) is 0 Å². The molecule has 0 radical (unpaired) electrons. The summed E-state index contributed by atoms with van der Waals surface area (Å²) < 4.78 is 0. The van der Waals surface area contributed by atoms with Crippen molar-refractivity contribution >= 4 is 22.9 Å². The smallest absolute Gasteiger partial charge is 0.0408 e. The van der Waals surface area contributed by atoms with Crippen molar-refractivity contribution in [2.45, 2.75) is 19.3 Å². The monoisotopic (exact) mass is 279 g/mol. The van der Waals surface area contributed by atoms with Gasteiger partial charge in [0.2, 0.25) is 0 Å². The van der Waals surface area contributed by atoms with E-state index in [9.17, 15) is 0 Å². The molecule has 0 aliphatic rings. The van der Waals surface area contributed by atoms with E-state index < -0.39 is 0 Å². The molecule has 0 fully saturated rings. The summed E-state index contributed by atoms with van der Waals surface area (Å²) in [6.07, 6.45) is 1.07. The van der Waals surface area contributed by atoms with Crippen molar-refractivity contribution in [3.8, 4) is 0 Å². The summed E-state index contributed by atoms with van der Waals surface area (Å²) in [4.78, 5) is 0. The highest BCUT2D eigenvalue weighted by Crippen LogP contribution is 2.24. The van der Waals surface area contributed by atoms with Crippen molar-refractivity contribution in [3.63, 3.8) is 0 Å². The molecule has 1 aromatic heterocycles. The lowest BCUT2D eigenvalue weighted by atomic mass is 9.93. The van der Waals surface area contributed by atoms with Crippen LogP contribution in [0, 0.1) is 0 Å². The highest BCUT2D eigenvalue weighted by molar-refractivity contribution is 7.07. The Kier molecular flexibility index (Phi) is 5.24. The van der Waals surface area contributed by atoms with Crippen LogP contribution in [0.15, 0.2) is 41.1 Å². The van der Waals surface area contributed by atoms with Gasteiger partial charge in [0.1, 0.15) is 0 Å². The maximum absolute atomic E-state index is 6.09. The fraction of sp³-hybridized carbons (Fsp3) is 0.333. The first-order valence-corrected chi connectivity index (χ1v) is 7.59. The summed E-state index contributed by atoms with van der Waals surface area (Å²) >= 11 is 7.84. The molecule has 0 aliphatic heterocycles. The molecule has 0 spiro atoms. The van der Waals surface area contributed by atoms with Gasteiger partial charge < -0.3 is 5.32 Å². The number of nitrogens with one attached hydrogen (secondary N) is 1. The van der Waals surface area contributed by atoms with E-state index in [1.165, 1.54) is 11.1 Å². The third-order valence-electron chi connectivity index (χ3n) is 3.02. The van der Waals surface area contributed by atoms with E-state index in [-0.39, 0.29) is 0 Å². The summed E-state index contributed by atoms with van der Waals surface area (Å²) in [5.41, 5.74) is 2.72. The van der Waals surface area contributed by atoms with Gasteiger partial charge in [0.15, 0.2) is 0 Å². The molecule has 1 unspecified atom stereocenters. The summed E-state index contributed by atoms with van der Waals surface area (Å²) in [6, 6.07) is 10.4. The van der Waals surface area contributed by atoms with E-state index in [2.05, 4.69) is 41.2 Å². The number of likely N-dealkylation sites (N-methyl/N-ethyl adjacent to an activating group) is 1. The normalized spacial score (nSPS) is 12.6. The summed E-state index contributed by atoms with van der Waals surface area (Å²) in [5.74, 6) is 0.484. The van der Waals surface area contributed by atoms with Gasteiger partial charge in [-0.05, 0) is 53.1 Å². The molecule has 1 nitrogen and oxygen atoms in total. The van der Waals surface area contributed by atoms with Crippen LogP contribution in [0.5, 0.6) is 0 Å². The minimum Gasteiger partial charge on any atom is -0.316 e. The van der Waals surface area contributed by atoms with E-state index in [1.807, 2.05) is 12.1 Å². The first-order chi connectivity index (χ1) is 8.79. The molecule has 0 amide bonds. The molecule has 3 heteroatoms. The van der Waals surface area contributed by atoms with Crippen molar-refractivity contribution < 1.29 is 0 Å². The largest absolute Gasteiger partial charge is 0.316 e. The van der Waals surface area contributed by atoms with Gasteiger partial charge in [-0.2, -0.15) is 11.3 Å². The van der Waals surface area contributed by atoms with Crippen LogP contribution < -0.4 is 5.32 Å². The number of hydrogen-bond donors (Lipinski definition) is 1. The molecule has 0 aliphatic carbocycles. The number of benzene rings is 1. The maximum Gasteiger partial charge on any atom is 0.0408 e. The van der Waals surface area contributed by atoms with Crippen molar-refractivity contribution in [2.24, 2.45) is 0 Å². The average Bonchev–Trinajstić information content (AvgIpc) is 2.87. The van der Waals surface area contributed by atoms with Crippen LogP contribution >= 0.6 is 22.9 Å². The van der Waals surface area contributed by atoms with Gasteiger partial charge in [0.25, 0.3) is 0 Å². The van der Waals surface area contributed by atoms with Gasteiger partial charge in [0.05, 0.1) is 0 Å². The molecule has 1 N–H and O–H groups in total. The maximum atomic E-state index is 6.09. The van der Waals surface area contributed by atoms with E-state index in [4.69, 9.17) is 11.6 Å². The van der Waals surface area contributed by atoms with Crippen molar-refractivity contribution in [1.82, 2.24) is 5.32 Å². The van der Waals surface area contributed by atoms with Gasteiger partial charge in [-0.15, -0.1) is 0 Å². The van der Waals surface area contributed by atoms with Crippen LogP contribution in [-0.2, 0) is 6.42 Å². The molecule has 1 aromatic carbocycles. The molecular formula is C15H18ClNS. The topological polar surface area (TPSA) is 12.0 Å². The lowest BCUT2D eigenvalue weighted by molar-refractivity contribution is 0.595. The highest BCUT2D eigenvalue weighted by atomic mass is 35.5. The Morgan fingerprint density at radius 1 is 1.33 bits per heavy atom. The molecular weight excluding hydrogens is 262 g/mol. The number of halogens is 1. The Hall–Kier alpha value is -0.830. The quantitative estimate of drug-likeness (QED) is 0.830. The third kappa shape index (κ3) is 3.84. The number of thiophene rings is 1. The van der Waals surface area contributed by atoms with Crippen molar-refractivity contribution in [2.75, 3.05) is 13.1 Å². The first kappa shape index (κ1) is 13.6. The molecule has 96 valence electrons.